The Morgan fingerprint density at radius 3 is 2.50 bits per heavy atom. The second-order valence-electron chi connectivity index (χ2n) is 6.58. The molecule has 0 spiro atoms. The fourth-order valence-electron chi connectivity index (χ4n) is 1.80. The summed E-state index contributed by atoms with van der Waals surface area (Å²) >= 11 is 7.13. The van der Waals surface area contributed by atoms with Crippen LogP contribution in [0.3, 0.4) is 0 Å². The number of hydrogen-bond acceptors (Lipinski definition) is 5. The molecule has 0 heterocycles. The third kappa shape index (κ3) is 8.44. The lowest BCUT2D eigenvalue weighted by molar-refractivity contribution is -0.138. The van der Waals surface area contributed by atoms with Gasteiger partial charge >= 0.3 is 12.1 Å². The van der Waals surface area contributed by atoms with Crippen LogP contribution in [0.25, 0.3) is 0 Å². The third-order valence-electron chi connectivity index (χ3n) is 2.91. The van der Waals surface area contributed by atoms with E-state index in [9.17, 15) is 19.5 Å². The molecule has 0 fully saturated rings. The van der Waals surface area contributed by atoms with Crippen molar-refractivity contribution in [3.63, 3.8) is 0 Å². The molecule has 3 N–H and O–H groups in total. The van der Waals surface area contributed by atoms with Gasteiger partial charge in [-0.1, -0.05) is 17.7 Å². The average Bonchev–Trinajstić information content (AvgIpc) is 2.47. The molecule has 1 rings (SSSR count). The van der Waals surface area contributed by atoms with Crippen LogP contribution in [-0.2, 0) is 14.3 Å². The summed E-state index contributed by atoms with van der Waals surface area (Å²) < 4.78 is 5.03. The number of hydrogen-bond donors (Lipinski definition) is 3. The fourth-order valence-corrected chi connectivity index (χ4v) is 2.92. The van der Waals surface area contributed by atoms with Crippen LogP contribution in [0.5, 0.6) is 0 Å². The number of carboxylic acids is 1. The van der Waals surface area contributed by atoms with Gasteiger partial charge in [0, 0.05) is 5.75 Å². The quantitative estimate of drug-likeness (QED) is 0.646. The van der Waals surface area contributed by atoms with E-state index >= 15 is 0 Å². The van der Waals surface area contributed by atoms with Crippen molar-refractivity contribution < 1.29 is 24.2 Å². The predicted octanol–water partition coefficient (Wildman–Crippen LogP) is 3.30. The number of rotatable bonds is 7. The SMILES string of the molecule is Cc1ccc(NC(=O)CSCC(NC(=O)OC(C)(C)C)C(=O)O)c(Cl)c1. The highest BCUT2D eigenvalue weighted by Gasteiger charge is 2.24. The Labute approximate surface area is 161 Å². The topological polar surface area (TPSA) is 105 Å². The molecule has 0 saturated heterocycles. The molecule has 0 aliphatic carbocycles. The van der Waals surface area contributed by atoms with Crippen LogP contribution < -0.4 is 10.6 Å². The number of halogens is 1. The largest absolute Gasteiger partial charge is 0.480 e. The molecule has 0 bridgehead atoms. The summed E-state index contributed by atoms with van der Waals surface area (Å²) in [6, 6.07) is 4.09. The molecule has 2 amide bonds. The van der Waals surface area contributed by atoms with Crippen molar-refractivity contribution >= 4 is 47.0 Å². The van der Waals surface area contributed by atoms with Crippen LogP contribution >= 0.6 is 23.4 Å². The van der Waals surface area contributed by atoms with E-state index in [1.165, 1.54) is 0 Å². The summed E-state index contributed by atoms with van der Waals surface area (Å²) in [5.74, 6) is -1.49. The van der Waals surface area contributed by atoms with Crippen molar-refractivity contribution in [3.05, 3.63) is 28.8 Å². The predicted molar refractivity (Wildman–Crippen MR) is 103 cm³/mol. The minimum absolute atomic E-state index is 0.0175. The Hall–Kier alpha value is -1.93. The molecular weight excluding hydrogens is 380 g/mol. The minimum Gasteiger partial charge on any atom is -0.480 e. The van der Waals surface area contributed by atoms with Gasteiger partial charge in [0.05, 0.1) is 16.5 Å². The van der Waals surface area contributed by atoms with E-state index in [4.69, 9.17) is 16.3 Å². The number of carboxylic acid groups (broad SMARTS) is 1. The number of nitrogens with one attached hydrogen (secondary N) is 2. The minimum atomic E-state index is -1.20. The van der Waals surface area contributed by atoms with E-state index in [1.807, 2.05) is 13.0 Å². The maximum absolute atomic E-state index is 12.0. The van der Waals surface area contributed by atoms with Crippen molar-refractivity contribution in [2.45, 2.75) is 39.3 Å². The number of aliphatic carboxylic acids is 1. The normalized spacial score (nSPS) is 12.2. The Balaban J connectivity index is 2.48. The van der Waals surface area contributed by atoms with Crippen molar-refractivity contribution in [1.29, 1.82) is 0 Å². The summed E-state index contributed by atoms with van der Waals surface area (Å²) in [5.41, 5.74) is 0.734. The molecule has 0 aliphatic heterocycles. The molecule has 7 nitrogen and oxygen atoms in total. The van der Waals surface area contributed by atoms with Gasteiger partial charge in [-0.3, -0.25) is 4.79 Å². The van der Waals surface area contributed by atoms with E-state index in [2.05, 4.69) is 10.6 Å². The summed E-state index contributed by atoms with van der Waals surface area (Å²) in [7, 11) is 0. The molecule has 0 radical (unpaired) electrons. The lowest BCUT2D eigenvalue weighted by atomic mass is 10.2. The molecule has 9 heteroatoms. The number of anilines is 1. The van der Waals surface area contributed by atoms with Crippen molar-refractivity contribution in [2.24, 2.45) is 0 Å². The molecule has 26 heavy (non-hydrogen) atoms. The van der Waals surface area contributed by atoms with Crippen LogP contribution in [0.4, 0.5) is 10.5 Å². The number of aryl methyl sites for hydroxylation is 1. The monoisotopic (exact) mass is 402 g/mol. The van der Waals surface area contributed by atoms with Crippen molar-refractivity contribution in [1.82, 2.24) is 5.32 Å². The molecule has 144 valence electrons. The van der Waals surface area contributed by atoms with Gasteiger partial charge in [-0.25, -0.2) is 9.59 Å². The first kappa shape index (κ1) is 22.1. The van der Waals surface area contributed by atoms with E-state index in [0.29, 0.717) is 10.7 Å². The lowest BCUT2D eigenvalue weighted by Gasteiger charge is -2.21. The number of alkyl carbamates (subject to hydrolysis) is 1. The van der Waals surface area contributed by atoms with Crippen molar-refractivity contribution in [2.75, 3.05) is 16.8 Å². The molecule has 0 saturated carbocycles. The second-order valence-corrected chi connectivity index (χ2v) is 8.02. The van der Waals surface area contributed by atoms with Crippen LogP contribution in [0.15, 0.2) is 18.2 Å². The van der Waals surface area contributed by atoms with E-state index in [-0.39, 0.29) is 17.4 Å². The van der Waals surface area contributed by atoms with Gasteiger partial charge in [-0.05, 0) is 45.4 Å². The maximum atomic E-state index is 12.0. The molecule has 1 unspecified atom stereocenters. The van der Waals surface area contributed by atoms with Gasteiger partial charge in [0.25, 0.3) is 0 Å². The first-order valence-corrected chi connectivity index (χ1v) is 9.37. The van der Waals surface area contributed by atoms with E-state index < -0.39 is 23.7 Å². The molecule has 0 aliphatic rings. The van der Waals surface area contributed by atoms with Crippen LogP contribution in [-0.4, -0.2) is 46.2 Å². The molecule has 1 atom stereocenters. The molecule has 1 aromatic carbocycles. The first-order valence-electron chi connectivity index (χ1n) is 7.84. The summed E-state index contributed by atoms with van der Waals surface area (Å²) in [5, 5.41) is 14.5. The van der Waals surface area contributed by atoms with Crippen LogP contribution in [0, 0.1) is 6.92 Å². The Morgan fingerprint density at radius 1 is 1.31 bits per heavy atom. The summed E-state index contributed by atoms with van der Waals surface area (Å²) in [6.45, 7) is 6.92. The van der Waals surface area contributed by atoms with E-state index in [0.717, 1.165) is 17.3 Å². The van der Waals surface area contributed by atoms with E-state index in [1.54, 1.807) is 32.9 Å². The van der Waals surface area contributed by atoms with Gasteiger partial charge in [0.1, 0.15) is 11.6 Å². The highest BCUT2D eigenvalue weighted by Crippen LogP contribution is 2.22. The fraction of sp³-hybridized carbons (Fsp3) is 0.471. The van der Waals surface area contributed by atoms with Gasteiger partial charge in [-0.15, -0.1) is 11.8 Å². The average molecular weight is 403 g/mol. The van der Waals surface area contributed by atoms with Crippen molar-refractivity contribution in [3.8, 4) is 0 Å². The number of thioether (sulfide) groups is 1. The number of carbonyl (C=O) groups is 3. The Kier molecular flexibility index (Phi) is 8.23. The maximum Gasteiger partial charge on any atom is 0.408 e. The summed E-state index contributed by atoms with van der Waals surface area (Å²) in [6.07, 6.45) is -0.818. The second kappa shape index (κ2) is 9.68. The number of amides is 2. The highest BCUT2D eigenvalue weighted by molar-refractivity contribution is 8.00. The number of benzene rings is 1. The third-order valence-corrected chi connectivity index (χ3v) is 4.25. The lowest BCUT2D eigenvalue weighted by Crippen LogP contribution is -2.45. The number of carbonyl (C=O) groups excluding carboxylic acids is 2. The zero-order chi connectivity index (χ0) is 19.9. The van der Waals surface area contributed by atoms with Crippen LogP contribution in [0.2, 0.25) is 5.02 Å². The smallest absolute Gasteiger partial charge is 0.408 e. The number of ether oxygens (including phenoxy) is 1. The zero-order valence-electron chi connectivity index (χ0n) is 15.1. The van der Waals surface area contributed by atoms with Gasteiger partial charge in [0.15, 0.2) is 0 Å². The standard InChI is InChI=1S/C17H23ClN2O5S/c1-10-5-6-12(11(18)7-10)19-14(21)9-26-8-13(15(22)23)20-16(24)25-17(2,3)4/h5-7,13H,8-9H2,1-4H3,(H,19,21)(H,20,24)(H,22,23). The summed E-state index contributed by atoms with van der Waals surface area (Å²) in [4.78, 5) is 34.9. The van der Waals surface area contributed by atoms with Gasteiger partial charge < -0.3 is 20.5 Å². The highest BCUT2D eigenvalue weighted by atomic mass is 35.5. The Bertz CT molecular complexity index is 676. The first-order chi connectivity index (χ1) is 12.0. The Morgan fingerprint density at radius 2 is 1.96 bits per heavy atom. The molecule has 1 aromatic rings. The van der Waals surface area contributed by atoms with Gasteiger partial charge in [0.2, 0.25) is 5.91 Å². The van der Waals surface area contributed by atoms with Gasteiger partial charge in [-0.2, -0.15) is 0 Å². The zero-order valence-corrected chi connectivity index (χ0v) is 16.7. The molecular formula is C17H23ClN2O5S. The van der Waals surface area contributed by atoms with Crippen LogP contribution in [0.1, 0.15) is 26.3 Å². The molecule has 0 aromatic heterocycles.